The molecular formula is C19H15ClFN3O4. The van der Waals surface area contributed by atoms with E-state index < -0.39 is 35.9 Å². The number of carbonyl (C=O) groups excluding carboxylic acids is 2. The number of para-hydroxylation sites is 1. The van der Waals surface area contributed by atoms with Gasteiger partial charge in [0.15, 0.2) is 6.10 Å². The number of benzene rings is 2. The number of aromatic nitrogens is 2. The van der Waals surface area contributed by atoms with Crippen molar-refractivity contribution < 1.29 is 18.7 Å². The number of fused-ring (bicyclic) bond motifs is 1. The van der Waals surface area contributed by atoms with E-state index >= 15 is 0 Å². The molecule has 0 aliphatic heterocycles. The molecule has 0 fully saturated rings. The average Bonchev–Trinajstić information content (AvgIpc) is 2.66. The molecular weight excluding hydrogens is 389 g/mol. The molecule has 144 valence electrons. The summed E-state index contributed by atoms with van der Waals surface area (Å²) in [5.41, 5.74) is 0.310. The van der Waals surface area contributed by atoms with E-state index in [1.165, 1.54) is 19.3 Å². The number of hydrogen-bond donors (Lipinski definition) is 1. The first-order valence-corrected chi connectivity index (χ1v) is 8.62. The largest absolute Gasteiger partial charge is 0.451 e. The zero-order chi connectivity index (χ0) is 20.3. The van der Waals surface area contributed by atoms with Gasteiger partial charge in [-0.1, -0.05) is 23.7 Å². The molecule has 3 rings (SSSR count). The molecule has 7 nitrogen and oxygen atoms in total. The number of ether oxygens (including phenoxy) is 1. The lowest BCUT2D eigenvalue weighted by Crippen LogP contribution is -2.33. The van der Waals surface area contributed by atoms with E-state index in [0.717, 1.165) is 16.7 Å². The van der Waals surface area contributed by atoms with Crippen molar-refractivity contribution in [3.05, 3.63) is 70.0 Å². The van der Waals surface area contributed by atoms with E-state index in [9.17, 15) is 18.8 Å². The molecule has 0 spiro atoms. The smallest absolute Gasteiger partial charge is 0.326 e. The van der Waals surface area contributed by atoms with E-state index in [1.54, 1.807) is 24.3 Å². The number of esters is 1. The van der Waals surface area contributed by atoms with Crippen LogP contribution in [0.2, 0.25) is 5.02 Å². The summed E-state index contributed by atoms with van der Waals surface area (Å²) in [5, 5.41) is 2.83. The Morgan fingerprint density at radius 3 is 2.79 bits per heavy atom. The minimum atomic E-state index is -1.15. The monoisotopic (exact) mass is 403 g/mol. The summed E-state index contributed by atoms with van der Waals surface area (Å²) < 4.78 is 19.2. The quantitative estimate of drug-likeness (QED) is 0.661. The Kier molecular flexibility index (Phi) is 5.70. The number of carbonyl (C=O) groups is 2. The summed E-state index contributed by atoms with van der Waals surface area (Å²) in [4.78, 5) is 40.8. The second-order valence-electron chi connectivity index (χ2n) is 5.94. The number of anilines is 1. The zero-order valence-electron chi connectivity index (χ0n) is 14.7. The molecule has 1 N–H and O–H groups in total. The lowest BCUT2D eigenvalue weighted by molar-refractivity contribution is -0.153. The van der Waals surface area contributed by atoms with Crippen LogP contribution in [0.15, 0.2) is 53.6 Å². The van der Waals surface area contributed by atoms with Gasteiger partial charge in [-0.2, -0.15) is 0 Å². The zero-order valence-corrected chi connectivity index (χ0v) is 15.4. The summed E-state index contributed by atoms with van der Waals surface area (Å²) in [6.45, 7) is 0.970. The number of nitrogens with one attached hydrogen (secondary N) is 1. The molecule has 0 aliphatic carbocycles. The van der Waals surface area contributed by atoms with Gasteiger partial charge in [-0.3, -0.25) is 19.0 Å². The molecule has 1 unspecified atom stereocenters. The minimum Gasteiger partial charge on any atom is -0.451 e. The van der Waals surface area contributed by atoms with Crippen LogP contribution in [-0.4, -0.2) is 27.5 Å². The fourth-order valence-electron chi connectivity index (χ4n) is 2.47. The normalized spacial score (nSPS) is 11.8. The van der Waals surface area contributed by atoms with Crippen molar-refractivity contribution in [2.24, 2.45) is 0 Å². The average molecular weight is 404 g/mol. The third-order valence-electron chi connectivity index (χ3n) is 3.90. The summed E-state index contributed by atoms with van der Waals surface area (Å²) in [6.07, 6.45) is 0.0901. The second kappa shape index (κ2) is 8.18. The topological polar surface area (TPSA) is 90.3 Å². The second-order valence-corrected chi connectivity index (χ2v) is 6.35. The van der Waals surface area contributed by atoms with Gasteiger partial charge in [-0.05, 0) is 37.3 Å². The predicted octanol–water partition coefficient (Wildman–Crippen LogP) is 2.76. The number of rotatable bonds is 5. The van der Waals surface area contributed by atoms with Crippen molar-refractivity contribution in [1.82, 2.24) is 9.55 Å². The van der Waals surface area contributed by atoms with Crippen LogP contribution < -0.4 is 10.9 Å². The Labute approximate surface area is 163 Å². The van der Waals surface area contributed by atoms with Gasteiger partial charge in [0.05, 0.1) is 27.9 Å². The van der Waals surface area contributed by atoms with Crippen LogP contribution in [0, 0.1) is 5.82 Å². The van der Waals surface area contributed by atoms with Gasteiger partial charge in [0, 0.05) is 0 Å². The van der Waals surface area contributed by atoms with Crippen LogP contribution in [0.25, 0.3) is 10.9 Å². The molecule has 1 heterocycles. The first kappa shape index (κ1) is 19.5. The van der Waals surface area contributed by atoms with E-state index in [1.807, 2.05) is 0 Å². The SMILES string of the molecule is CC(OC(=O)Cn1cnc2ccccc2c1=O)C(=O)Nc1ccc(F)cc1Cl. The van der Waals surface area contributed by atoms with Gasteiger partial charge >= 0.3 is 5.97 Å². The Bertz CT molecular complexity index is 1120. The molecule has 0 radical (unpaired) electrons. The van der Waals surface area contributed by atoms with Gasteiger partial charge in [0.1, 0.15) is 12.4 Å². The lowest BCUT2D eigenvalue weighted by atomic mass is 10.2. The highest BCUT2D eigenvalue weighted by molar-refractivity contribution is 6.33. The van der Waals surface area contributed by atoms with Crippen molar-refractivity contribution >= 4 is 40.1 Å². The first-order chi connectivity index (χ1) is 13.3. The van der Waals surface area contributed by atoms with Crippen molar-refractivity contribution in [3.63, 3.8) is 0 Å². The van der Waals surface area contributed by atoms with E-state index in [4.69, 9.17) is 16.3 Å². The Morgan fingerprint density at radius 2 is 2.04 bits per heavy atom. The number of hydrogen-bond acceptors (Lipinski definition) is 5. The van der Waals surface area contributed by atoms with E-state index in [2.05, 4.69) is 10.3 Å². The van der Waals surface area contributed by atoms with Gasteiger partial charge in [-0.15, -0.1) is 0 Å². The van der Waals surface area contributed by atoms with Crippen LogP contribution in [0.1, 0.15) is 6.92 Å². The fourth-order valence-corrected chi connectivity index (χ4v) is 2.69. The first-order valence-electron chi connectivity index (χ1n) is 8.24. The number of nitrogens with zero attached hydrogens (tertiary/aromatic N) is 2. The summed E-state index contributed by atoms with van der Waals surface area (Å²) in [7, 11) is 0. The Hall–Kier alpha value is -3.26. The number of halogens is 2. The van der Waals surface area contributed by atoms with Crippen molar-refractivity contribution in [3.8, 4) is 0 Å². The molecule has 0 aliphatic rings. The molecule has 28 heavy (non-hydrogen) atoms. The molecule has 9 heteroatoms. The maximum atomic E-state index is 13.1. The molecule has 1 aromatic heterocycles. The number of amides is 1. The molecule has 0 saturated heterocycles. The summed E-state index contributed by atoms with van der Waals surface area (Å²) >= 11 is 5.85. The van der Waals surface area contributed by atoms with Crippen molar-refractivity contribution in [2.75, 3.05) is 5.32 Å². The van der Waals surface area contributed by atoms with Gasteiger partial charge in [0.2, 0.25) is 0 Å². The Morgan fingerprint density at radius 1 is 1.29 bits per heavy atom. The summed E-state index contributed by atoms with van der Waals surface area (Å²) in [5.74, 6) is -1.98. The maximum absolute atomic E-state index is 13.1. The highest BCUT2D eigenvalue weighted by Gasteiger charge is 2.19. The molecule has 2 aromatic carbocycles. The van der Waals surface area contributed by atoms with E-state index in [0.29, 0.717) is 10.9 Å². The standard InChI is InChI=1S/C19H15ClFN3O4/c1-11(18(26)23-16-7-6-12(21)8-14(16)20)28-17(25)9-24-10-22-15-5-3-2-4-13(15)19(24)27/h2-8,10-11H,9H2,1H3,(H,23,26). The minimum absolute atomic E-state index is 0.0145. The molecule has 1 amide bonds. The van der Waals surface area contributed by atoms with Gasteiger partial charge in [0.25, 0.3) is 11.5 Å². The van der Waals surface area contributed by atoms with Crippen LogP contribution in [0.5, 0.6) is 0 Å². The van der Waals surface area contributed by atoms with Crippen molar-refractivity contribution in [1.29, 1.82) is 0 Å². The molecule has 0 saturated carbocycles. The highest BCUT2D eigenvalue weighted by Crippen LogP contribution is 2.22. The highest BCUT2D eigenvalue weighted by atomic mass is 35.5. The maximum Gasteiger partial charge on any atom is 0.326 e. The third-order valence-corrected chi connectivity index (χ3v) is 4.21. The van der Waals surface area contributed by atoms with Gasteiger partial charge < -0.3 is 10.1 Å². The van der Waals surface area contributed by atoms with Gasteiger partial charge in [-0.25, -0.2) is 9.37 Å². The summed E-state index contributed by atoms with van der Waals surface area (Å²) in [6, 6.07) is 10.2. The van der Waals surface area contributed by atoms with Crippen molar-refractivity contribution in [2.45, 2.75) is 19.6 Å². The van der Waals surface area contributed by atoms with Crippen LogP contribution in [0.3, 0.4) is 0 Å². The van der Waals surface area contributed by atoms with Crippen LogP contribution >= 0.6 is 11.6 Å². The molecule has 1 atom stereocenters. The molecule has 0 bridgehead atoms. The van der Waals surface area contributed by atoms with Crippen LogP contribution in [0.4, 0.5) is 10.1 Å². The molecule has 3 aromatic rings. The van der Waals surface area contributed by atoms with Crippen LogP contribution in [-0.2, 0) is 20.9 Å². The lowest BCUT2D eigenvalue weighted by Gasteiger charge is -2.14. The van der Waals surface area contributed by atoms with E-state index in [-0.39, 0.29) is 10.7 Å². The Balaban J connectivity index is 1.65. The third kappa shape index (κ3) is 4.34. The fraction of sp³-hybridized carbons (Fsp3) is 0.158. The predicted molar refractivity (Wildman–Crippen MR) is 102 cm³/mol.